The van der Waals surface area contributed by atoms with E-state index in [9.17, 15) is 28.6 Å². The molecular weight excluding hydrogens is 503 g/mol. The third-order valence-corrected chi connectivity index (χ3v) is 6.14. The number of phenolic OH excluding ortho intramolecular Hbond substituents is 1. The fraction of sp³-hybridized carbons (Fsp3) is 0.120. The molecule has 1 unspecified atom stereocenters. The van der Waals surface area contributed by atoms with Gasteiger partial charge < -0.3 is 14.9 Å². The molecule has 180 valence electrons. The van der Waals surface area contributed by atoms with Gasteiger partial charge in [0, 0.05) is 11.8 Å². The number of nitrogens with zero attached hydrogens (tertiary/aromatic N) is 1. The first kappa shape index (κ1) is 24.5. The lowest BCUT2D eigenvalue weighted by Gasteiger charge is -2.26. The van der Waals surface area contributed by atoms with Gasteiger partial charge in [0.1, 0.15) is 17.3 Å². The number of anilines is 1. The van der Waals surface area contributed by atoms with Crippen LogP contribution < -0.4 is 9.64 Å². The number of hydrogen-bond acceptors (Lipinski definition) is 5. The molecule has 0 saturated carbocycles. The molecule has 1 saturated heterocycles. The number of aliphatic hydroxyl groups is 1. The summed E-state index contributed by atoms with van der Waals surface area (Å²) in [6.07, 6.45) is 0. The molecular formula is C25H17Cl2F2NO5. The van der Waals surface area contributed by atoms with E-state index in [1.165, 1.54) is 31.4 Å². The van der Waals surface area contributed by atoms with E-state index < -0.39 is 35.1 Å². The van der Waals surface area contributed by atoms with Gasteiger partial charge in [-0.3, -0.25) is 14.5 Å². The lowest BCUT2D eigenvalue weighted by atomic mass is 9.94. The molecule has 0 bridgehead atoms. The Balaban J connectivity index is 2.03. The first-order valence-corrected chi connectivity index (χ1v) is 10.9. The summed E-state index contributed by atoms with van der Waals surface area (Å²) in [5.74, 6) is -5.34. The summed E-state index contributed by atoms with van der Waals surface area (Å²) < 4.78 is 33.0. The Kier molecular flexibility index (Phi) is 6.44. The Morgan fingerprint density at radius 2 is 1.71 bits per heavy atom. The molecule has 0 aromatic heterocycles. The molecule has 4 rings (SSSR count). The lowest BCUT2D eigenvalue weighted by Crippen LogP contribution is -2.29. The number of benzene rings is 3. The summed E-state index contributed by atoms with van der Waals surface area (Å²) in [4.78, 5) is 27.3. The zero-order valence-corrected chi connectivity index (χ0v) is 19.8. The standard InChI is InChI=1S/C25H17Cl2F2NO5/c1-11-7-14(24(35-2)16(27)8-11)22(32)20-21(12-3-6-19(31)15(26)9-12)30(25(34)23(20)33)13-4-5-17(28)18(29)10-13/h3-10,21,31-32H,1-2H3/b22-20+. The molecule has 0 aliphatic carbocycles. The van der Waals surface area contributed by atoms with Crippen molar-refractivity contribution in [2.24, 2.45) is 0 Å². The number of phenols is 1. The monoisotopic (exact) mass is 519 g/mol. The van der Waals surface area contributed by atoms with Gasteiger partial charge in [-0.25, -0.2) is 8.78 Å². The number of ether oxygens (including phenoxy) is 1. The highest BCUT2D eigenvalue weighted by molar-refractivity contribution is 6.51. The number of hydrogen-bond donors (Lipinski definition) is 2. The number of ketones is 1. The van der Waals surface area contributed by atoms with Crippen molar-refractivity contribution >= 4 is 46.3 Å². The van der Waals surface area contributed by atoms with Crippen LogP contribution in [-0.2, 0) is 9.59 Å². The molecule has 6 nitrogen and oxygen atoms in total. The maximum absolute atomic E-state index is 14.1. The van der Waals surface area contributed by atoms with Crippen molar-refractivity contribution in [3.05, 3.63) is 92.5 Å². The predicted octanol–water partition coefficient (Wildman–Crippen LogP) is 5.92. The van der Waals surface area contributed by atoms with E-state index in [0.29, 0.717) is 5.56 Å². The van der Waals surface area contributed by atoms with Crippen LogP contribution in [-0.4, -0.2) is 29.0 Å². The second-order valence-corrected chi connectivity index (χ2v) is 8.62. The fourth-order valence-electron chi connectivity index (χ4n) is 4.00. The number of methoxy groups -OCH3 is 1. The summed E-state index contributed by atoms with van der Waals surface area (Å²) in [6.45, 7) is 1.71. The number of halogens is 4. The van der Waals surface area contributed by atoms with Crippen molar-refractivity contribution in [2.45, 2.75) is 13.0 Å². The molecule has 35 heavy (non-hydrogen) atoms. The Bertz CT molecular complexity index is 1420. The summed E-state index contributed by atoms with van der Waals surface area (Å²) >= 11 is 12.3. The lowest BCUT2D eigenvalue weighted by molar-refractivity contribution is -0.132. The van der Waals surface area contributed by atoms with Crippen molar-refractivity contribution in [1.82, 2.24) is 0 Å². The molecule has 10 heteroatoms. The van der Waals surface area contributed by atoms with Crippen molar-refractivity contribution in [1.29, 1.82) is 0 Å². The third kappa shape index (κ3) is 4.19. The predicted molar refractivity (Wildman–Crippen MR) is 127 cm³/mol. The zero-order chi connectivity index (χ0) is 25.6. The number of aryl methyl sites for hydroxylation is 1. The molecule has 3 aromatic rings. The van der Waals surface area contributed by atoms with Gasteiger partial charge in [0.15, 0.2) is 11.6 Å². The van der Waals surface area contributed by atoms with Crippen molar-refractivity contribution in [2.75, 3.05) is 12.0 Å². The molecule has 0 spiro atoms. The average Bonchev–Trinajstić information content (AvgIpc) is 3.07. The molecule has 3 aromatic carbocycles. The highest BCUT2D eigenvalue weighted by atomic mass is 35.5. The molecule has 0 radical (unpaired) electrons. The Hall–Kier alpha value is -3.62. The minimum atomic E-state index is -1.30. The van der Waals surface area contributed by atoms with Crippen LogP contribution in [0.25, 0.3) is 5.76 Å². The van der Waals surface area contributed by atoms with Gasteiger partial charge in [-0.2, -0.15) is 0 Å². The van der Waals surface area contributed by atoms with E-state index >= 15 is 0 Å². The highest BCUT2D eigenvalue weighted by Gasteiger charge is 2.47. The highest BCUT2D eigenvalue weighted by Crippen LogP contribution is 2.45. The van der Waals surface area contributed by atoms with E-state index in [4.69, 9.17) is 27.9 Å². The van der Waals surface area contributed by atoms with Gasteiger partial charge in [0.25, 0.3) is 11.7 Å². The van der Waals surface area contributed by atoms with Crippen molar-refractivity contribution in [3.63, 3.8) is 0 Å². The maximum atomic E-state index is 14.1. The van der Waals surface area contributed by atoms with Crippen molar-refractivity contribution in [3.8, 4) is 11.5 Å². The number of aromatic hydroxyl groups is 1. The average molecular weight is 520 g/mol. The maximum Gasteiger partial charge on any atom is 0.300 e. The van der Waals surface area contributed by atoms with Gasteiger partial charge in [0.05, 0.1) is 34.3 Å². The van der Waals surface area contributed by atoms with Crippen LogP contribution in [0.5, 0.6) is 11.5 Å². The van der Waals surface area contributed by atoms with Crippen LogP contribution in [0.2, 0.25) is 10.0 Å². The largest absolute Gasteiger partial charge is 0.507 e. The van der Waals surface area contributed by atoms with Crippen LogP contribution in [0.3, 0.4) is 0 Å². The van der Waals surface area contributed by atoms with E-state index in [2.05, 4.69) is 0 Å². The summed E-state index contributed by atoms with van der Waals surface area (Å²) in [7, 11) is 1.32. The van der Waals surface area contributed by atoms with Gasteiger partial charge >= 0.3 is 0 Å². The molecule has 1 amide bonds. The van der Waals surface area contributed by atoms with Gasteiger partial charge in [-0.05, 0) is 54.4 Å². The molecule has 1 heterocycles. The smallest absolute Gasteiger partial charge is 0.300 e. The van der Waals surface area contributed by atoms with E-state index in [-0.39, 0.29) is 43.9 Å². The first-order chi connectivity index (χ1) is 16.5. The van der Waals surface area contributed by atoms with Gasteiger partial charge in [-0.15, -0.1) is 0 Å². The Morgan fingerprint density at radius 1 is 1.00 bits per heavy atom. The number of rotatable bonds is 4. The molecule has 1 atom stereocenters. The first-order valence-electron chi connectivity index (χ1n) is 10.1. The Labute approximate surface area is 208 Å². The number of carbonyl (C=O) groups is 2. The zero-order valence-electron chi connectivity index (χ0n) is 18.3. The minimum absolute atomic E-state index is 0.0515. The van der Waals surface area contributed by atoms with Gasteiger partial charge in [-0.1, -0.05) is 29.3 Å². The topological polar surface area (TPSA) is 87.1 Å². The third-order valence-electron chi connectivity index (χ3n) is 5.56. The number of aliphatic hydroxyl groups excluding tert-OH is 1. The van der Waals surface area contributed by atoms with Crippen LogP contribution in [0.15, 0.2) is 54.1 Å². The SMILES string of the molecule is COc1c(Cl)cc(C)cc1/C(O)=C1\C(=O)C(=O)N(c2ccc(F)c(F)c2)C1c1ccc(O)c(Cl)c1. The summed E-state index contributed by atoms with van der Waals surface area (Å²) in [5, 5.41) is 21.2. The van der Waals surface area contributed by atoms with E-state index in [1.54, 1.807) is 13.0 Å². The Morgan fingerprint density at radius 3 is 2.34 bits per heavy atom. The van der Waals surface area contributed by atoms with Crippen molar-refractivity contribution < 1.29 is 33.3 Å². The summed E-state index contributed by atoms with van der Waals surface area (Å²) in [6, 6.07) is 8.44. The van der Waals surface area contributed by atoms with Crippen LogP contribution in [0.4, 0.5) is 14.5 Å². The molecule has 1 aliphatic heterocycles. The minimum Gasteiger partial charge on any atom is -0.507 e. The number of amides is 1. The molecule has 2 N–H and O–H groups in total. The van der Waals surface area contributed by atoms with E-state index in [0.717, 1.165) is 23.1 Å². The fourth-order valence-corrected chi connectivity index (χ4v) is 4.54. The van der Waals surface area contributed by atoms with Crippen LogP contribution in [0.1, 0.15) is 22.7 Å². The quantitative estimate of drug-likeness (QED) is 0.253. The molecule has 1 fully saturated rings. The normalized spacial score (nSPS) is 17.2. The van der Waals surface area contributed by atoms with E-state index in [1.807, 2.05) is 0 Å². The van der Waals surface area contributed by atoms with Crippen LogP contribution in [0, 0.1) is 18.6 Å². The number of carbonyl (C=O) groups excluding carboxylic acids is 2. The van der Waals surface area contributed by atoms with Gasteiger partial charge in [0.2, 0.25) is 0 Å². The second-order valence-electron chi connectivity index (χ2n) is 7.81. The molecule has 1 aliphatic rings. The second kappa shape index (κ2) is 9.20. The summed E-state index contributed by atoms with van der Waals surface area (Å²) in [5.41, 5.74) is 0.415. The number of Topliss-reactive ketones (excluding diaryl/α,β-unsaturated/α-hetero) is 1. The van der Waals surface area contributed by atoms with Crippen LogP contribution >= 0.6 is 23.2 Å².